The number of carbonyl (C=O) groups is 1. The lowest BCUT2D eigenvalue weighted by molar-refractivity contribution is -0.136. The molecule has 0 aromatic carbocycles. The van der Waals surface area contributed by atoms with E-state index in [-0.39, 0.29) is 5.92 Å². The Morgan fingerprint density at radius 1 is 1.61 bits per heavy atom. The van der Waals surface area contributed by atoms with Gasteiger partial charge in [-0.3, -0.25) is 4.79 Å². The number of nitrogens with zero attached hydrogens (tertiary/aromatic N) is 1. The van der Waals surface area contributed by atoms with Gasteiger partial charge in [0, 0.05) is 23.4 Å². The van der Waals surface area contributed by atoms with Crippen LogP contribution in [-0.4, -0.2) is 29.9 Å². The molecule has 1 heterocycles. The van der Waals surface area contributed by atoms with Gasteiger partial charge < -0.3 is 10.2 Å². The first-order chi connectivity index (χ1) is 8.72. The summed E-state index contributed by atoms with van der Waals surface area (Å²) in [5.41, 5.74) is 0. The van der Waals surface area contributed by atoms with Crippen LogP contribution in [0.15, 0.2) is 17.5 Å². The van der Waals surface area contributed by atoms with Crippen LogP contribution in [0.4, 0.5) is 0 Å². The van der Waals surface area contributed by atoms with E-state index in [0.717, 1.165) is 19.6 Å². The highest BCUT2D eigenvalue weighted by Gasteiger charge is 2.34. The molecule has 1 aliphatic carbocycles. The third kappa shape index (κ3) is 3.56. The van der Waals surface area contributed by atoms with Gasteiger partial charge in [0.25, 0.3) is 0 Å². The Morgan fingerprint density at radius 2 is 2.39 bits per heavy atom. The molecule has 1 atom stereocenters. The molecule has 1 aromatic rings. The Morgan fingerprint density at radius 3 is 2.94 bits per heavy atom. The van der Waals surface area contributed by atoms with Gasteiger partial charge in [0.2, 0.25) is 5.91 Å². The standard InChI is InChI=1S/C14H22N2OS/c1-3-15-9-11(2)14(17)16(12-6-7-12)10-13-5-4-8-18-13/h4-5,8,11-12,15H,3,6-7,9-10H2,1-2H3. The highest BCUT2D eigenvalue weighted by molar-refractivity contribution is 7.09. The van der Waals surface area contributed by atoms with Crippen LogP contribution in [0.5, 0.6) is 0 Å². The van der Waals surface area contributed by atoms with Crippen LogP contribution in [0, 0.1) is 5.92 Å². The van der Waals surface area contributed by atoms with Gasteiger partial charge in [-0.2, -0.15) is 0 Å². The van der Waals surface area contributed by atoms with Crippen molar-refractivity contribution in [2.75, 3.05) is 13.1 Å². The van der Waals surface area contributed by atoms with Crippen LogP contribution in [0.1, 0.15) is 31.6 Å². The molecule has 0 spiro atoms. The molecule has 1 saturated carbocycles. The molecule has 1 aliphatic rings. The molecule has 1 N–H and O–H groups in total. The summed E-state index contributed by atoms with van der Waals surface area (Å²) in [5, 5.41) is 5.33. The zero-order valence-electron chi connectivity index (χ0n) is 11.2. The zero-order valence-corrected chi connectivity index (χ0v) is 12.0. The number of thiophene rings is 1. The van der Waals surface area contributed by atoms with Gasteiger partial charge in [-0.15, -0.1) is 11.3 Å². The molecule has 1 unspecified atom stereocenters. The van der Waals surface area contributed by atoms with Crippen LogP contribution in [0.2, 0.25) is 0 Å². The van der Waals surface area contributed by atoms with Crippen molar-refractivity contribution in [2.45, 2.75) is 39.3 Å². The number of amides is 1. The Labute approximate surface area is 113 Å². The number of hydrogen-bond acceptors (Lipinski definition) is 3. The van der Waals surface area contributed by atoms with E-state index in [0.29, 0.717) is 11.9 Å². The smallest absolute Gasteiger partial charge is 0.227 e. The van der Waals surface area contributed by atoms with E-state index < -0.39 is 0 Å². The van der Waals surface area contributed by atoms with Crippen LogP contribution < -0.4 is 5.32 Å². The van der Waals surface area contributed by atoms with Gasteiger partial charge in [-0.25, -0.2) is 0 Å². The second kappa shape index (κ2) is 6.34. The van der Waals surface area contributed by atoms with Crippen molar-refractivity contribution >= 4 is 17.2 Å². The predicted octanol–water partition coefficient (Wildman–Crippen LogP) is 2.48. The van der Waals surface area contributed by atoms with Gasteiger partial charge in [-0.1, -0.05) is 19.9 Å². The van der Waals surface area contributed by atoms with Crippen LogP contribution in [0.25, 0.3) is 0 Å². The molecular formula is C14H22N2OS. The maximum Gasteiger partial charge on any atom is 0.227 e. The first-order valence-electron chi connectivity index (χ1n) is 6.76. The van der Waals surface area contributed by atoms with E-state index in [2.05, 4.69) is 34.7 Å². The topological polar surface area (TPSA) is 32.3 Å². The van der Waals surface area contributed by atoms with Crippen molar-refractivity contribution in [3.05, 3.63) is 22.4 Å². The van der Waals surface area contributed by atoms with Crippen molar-refractivity contribution in [1.82, 2.24) is 10.2 Å². The quantitative estimate of drug-likeness (QED) is 0.822. The van der Waals surface area contributed by atoms with Crippen LogP contribution >= 0.6 is 11.3 Å². The first kappa shape index (κ1) is 13.6. The third-order valence-corrected chi connectivity index (χ3v) is 4.16. The SMILES string of the molecule is CCNCC(C)C(=O)N(Cc1cccs1)C1CC1. The lowest BCUT2D eigenvalue weighted by atomic mass is 10.1. The molecule has 2 rings (SSSR count). The van der Waals surface area contributed by atoms with Crippen molar-refractivity contribution in [2.24, 2.45) is 5.92 Å². The van der Waals surface area contributed by atoms with Crippen molar-refractivity contribution in [3.63, 3.8) is 0 Å². The zero-order chi connectivity index (χ0) is 13.0. The maximum absolute atomic E-state index is 12.4. The highest BCUT2D eigenvalue weighted by atomic mass is 32.1. The molecule has 0 bridgehead atoms. The average molecular weight is 266 g/mol. The Hall–Kier alpha value is -0.870. The molecule has 18 heavy (non-hydrogen) atoms. The summed E-state index contributed by atoms with van der Waals surface area (Å²) < 4.78 is 0. The molecule has 0 radical (unpaired) electrons. The second-order valence-corrected chi connectivity index (χ2v) is 6.02. The lowest BCUT2D eigenvalue weighted by Crippen LogP contribution is -2.39. The van der Waals surface area contributed by atoms with Gasteiger partial charge in [0.15, 0.2) is 0 Å². The Bertz CT molecular complexity index is 373. The summed E-state index contributed by atoms with van der Waals surface area (Å²) >= 11 is 1.73. The van der Waals surface area contributed by atoms with E-state index in [4.69, 9.17) is 0 Å². The van der Waals surface area contributed by atoms with E-state index in [9.17, 15) is 4.79 Å². The molecule has 1 aromatic heterocycles. The third-order valence-electron chi connectivity index (χ3n) is 3.30. The maximum atomic E-state index is 12.4. The summed E-state index contributed by atoms with van der Waals surface area (Å²) in [6.45, 7) is 6.59. The molecule has 4 heteroatoms. The van der Waals surface area contributed by atoms with Gasteiger partial charge in [-0.05, 0) is 30.8 Å². The van der Waals surface area contributed by atoms with Crippen molar-refractivity contribution in [3.8, 4) is 0 Å². The minimum Gasteiger partial charge on any atom is -0.334 e. The minimum absolute atomic E-state index is 0.0745. The molecule has 1 amide bonds. The molecular weight excluding hydrogens is 244 g/mol. The number of nitrogens with one attached hydrogen (secondary N) is 1. The summed E-state index contributed by atoms with van der Waals surface area (Å²) in [7, 11) is 0. The fourth-order valence-corrected chi connectivity index (χ4v) is 2.78. The fraction of sp³-hybridized carbons (Fsp3) is 0.643. The van der Waals surface area contributed by atoms with Crippen LogP contribution in [-0.2, 0) is 11.3 Å². The average Bonchev–Trinajstić information content (AvgIpc) is 3.09. The van der Waals surface area contributed by atoms with Gasteiger partial charge in [0.1, 0.15) is 0 Å². The van der Waals surface area contributed by atoms with Crippen molar-refractivity contribution < 1.29 is 4.79 Å². The fourth-order valence-electron chi connectivity index (χ4n) is 2.07. The highest BCUT2D eigenvalue weighted by Crippen LogP contribution is 2.30. The predicted molar refractivity (Wildman–Crippen MR) is 75.6 cm³/mol. The summed E-state index contributed by atoms with van der Waals surface area (Å²) in [5.74, 6) is 0.373. The van der Waals surface area contributed by atoms with E-state index >= 15 is 0 Å². The molecule has 0 saturated heterocycles. The minimum atomic E-state index is 0.0745. The monoisotopic (exact) mass is 266 g/mol. The lowest BCUT2D eigenvalue weighted by Gasteiger charge is -2.25. The molecule has 100 valence electrons. The summed E-state index contributed by atoms with van der Waals surface area (Å²) in [6.07, 6.45) is 2.34. The Balaban J connectivity index is 1.94. The van der Waals surface area contributed by atoms with Gasteiger partial charge in [0.05, 0.1) is 6.54 Å². The summed E-state index contributed by atoms with van der Waals surface area (Å²) in [4.78, 5) is 15.8. The largest absolute Gasteiger partial charge is 0.334 e. The van der Waals surface area contributed by atoms with Crippen LogP contribution in [0.3, 0.4) is 0 Å². The number of carbonyl (C=O) groups excluding carboxylic acids is 1. The molecule has 3 nitrogen and oxygen atoms in total. The van der Waals surface area contributed by atoms with Crippen molar-refractivity contribution in [1.29, 1.82) is 0 Å². The number of hydrogen-bond donors (Lipinski definition) is 1. The Kier molecular flexibility index (Phi) is 4.78. The molecule has 1 fully saturated rings. The number of rotatable bonds is 7. The first-order valence-corrected chi connectivity index (χ1v) is 7.64. The van der Waals surface area contributed by atoms with E-state index in [1.807, 2.05) is 6.92 Å². The second-order valence-electron chi connectivity index (χ2n) is 4.99. The van der Waals surface area contributed by atoms with E-state index in [1.54, 1.807) is 11.3 Å². The normalized spacial score (nSPS) is 16.6. The molecule has 0 aliphatic heterocycles. The van der Waals surface area contributed by atoms with Gasteiger partial charge >= 0.3 is 0 Å². The summed E-state index contributed by atoms with van der Waals surface area (Å²) in [6, 6.07) is 4.66. The van der Waals surface area contributed by atoms with E-state index in [1.165, 1.54) is 17.7 Å².